The molecule has 1 N–H and O–H groups in total. The Morgan fingerprint density at radius 3 is 2.17 bits per heavy atom. The summed E-state index contributed by atoms with van der Waals surface area (Å²) in [5, 5.41) is 7.65. The molecule has 0 radical (unpaired) electrons. The van der Waals surface area contributed by atoms with Gasteiger partial charge in [-0.2, -0.15) is 4.98 Å². The Labute approximate surface area is 233 Å². The average molecular weight is 534 g/mol. The summed E-state index contributed by atoms with van der Waals surface area (Å²) in [5.74, 6) is 1.09. The lowest BCUT2D eigenvalue weighted by Crippen LogP contribution is -2.52. The number of carbonyl (C=O) groups excluding carboxylic acids is 1. The van der Waals surface area contributed by atoms with E-state index in [0.717, 1.165) is 47.2 Å². The molecule has 40 heavy (non-hydrogen) atoms. The van der Waals surface area contributed by atoms with Gasteiger partial charge < -0.3 is 14.8 Å². The van der Waals surface area contributed by atoms with Crippen molar-refractivity contribution in [3.05, 3.63) is 96.7 Å². The van der Waals surface area contributed by atoms with Crippen molar-refractivity contribution in [2.75, 3.05) is 0 Å². The van der Waals surface area contributed by atoms with Gasteiger partial charge in [0.15, 0.2) is 0 Å². The molecule has 0 unspecified atom stereocenters. The molecule has 3 aromatic carbocycles. The molecule has 1 aliphatic carbocycles. The molecule has 0 bridgehead atoms. The minimum absolute atomic E-state index is 0.227. The van der Waals surface area contributed by atoms with Crippen LogP contribution < -0.4 is 10.1 Å². The van der Waals surface area contributed by atoms with Crippen molar-refractivity contribution in [1.29, 1.82) is 0 Å². The van der Waals surface area contributed by atoms with Crippen molar-refractivity contribution in [2.45, 2.75) is 51.2 Å². The van der Waals surface area contributed by atoms with Gasteiger partial charge in [0.25, 0.3) is 5.78 Å². The summed E-state index contributed by atoms with van der Waals surface area (Å²) >= 11 is 0. The minimum atomic E-state index is -0.551. The summed E-state index contributed by atoms with van der Waals surface area (Å²) < 4.78 is 13.0. The number of para-hydroxylation sites is 1. The number of carbonyl (C=O) groups is 1. The van der Waals surface area contributed by atoms with E-state index in [1.807, 2.05) is 87.6 Å². The molecule has 202 valence electrons. The molecule has 2 heterocycles. The number of amides is 1. The van der Waals surface area contributed by atoms with Crippen LogP contribution in [0.2, 0.25) is 0 Å². The third kappa shape index (κ3) is 5.25. The second kappa shape index (κ2) is 10.1. The first-order chi connectivity index (χ1) is 19.3. The van der Waals surface area contributed by atoms with Crippen LogP contribution in [0.3, 0.4) is 0 Å². The van der Waals surface area contributed by atoms with Gasteiger partial charge in [-0.15, -0.1) is 5.10 Å². The Morgan fingerprint density at radius 2 is 1.55 bits per heavy atom. The quantitative estimate of drug-likeness (QED) is 0.249. The molecule has 6 rings (SSSR count). The highest BCUT2D eigenvalue weighted by Gasteiger charge is 2.41. The summed E-state index contributed by atoms with van der Waals surface area (Å²) in [5.41, 5.74) is 3.73. The normalized spacial score (nSPS) is 14.4. The third-order valence-corrected chi connectivity index (χ3v) is 7.01. The topological polar surface area (TPSA) is 90.6 Å². The van der Waals surface area contributed by atoms with E-state index >= 15 is 0 Å². The fourth-order valence-electron chi connectivity index (χ4n) is 4.95. The van der Waals surface area contributed by atoms with Gasteiger partial charge in [0.1, 0.15) is 11.4 Å². The highest BCUT2D eigenvalue weighted by Crippen LogP contribution is 2.42. The standard InChI is InChI=1S/C32H31N5O3/c1-31(2,3)40-30(38)35-32(19-10-20-32)24-17-15-23(16-18-24)27-26(22-11-6-4-7-12-22)21-37-28(33-27)34-29(36-37)39-25-13-8-5-9-14-25/h4-9,11-18,21H,10,19-20H2,1-3H3,(H,35,38). The van der Waals surface area contributed by atoms with Crippen molar-refractivity contribution in [1.82, 2.24) is 24.9 Å². The van der Waals surface area contributed by atoms with E-state index in [9.17, 15) is 4.79 Å². The van der Waals surface area contributed by atoms with Crippen LogP contribution in [0.1, 0.15) is 45.6 Å². The second-order valence-electron chi connectivity index (χ2n) is 11.1. The molecule has 1 aliphatic rings. The van der Waals surface area contributed by atoms with Crippen LogP contribution in [0.25, 0.3) is 28.2 Å². The fourth-order valence-corrected chi connectivity index (χ4v) is 4.95. The number of aromatic nitrogens is 4. The predicted octanol–water partition coefficient (Wildman–Crippen LogP) is 7.15. The summed E-state index contributed by atoms with van der Waals surface area (Å²) in [6.07, 6.45) is 4.33. The molecule has 0 spiro atoms. The van der Waals surface area contributed by atoms with Crippen molar-refractivity contribution in [3.63, 3.8) is 0 Å². The summed E-state index contributed by atoms with van der Waals surface area (Å²) in [6.45, 7) is 5.61. The molecule has 1 amide bonds. The molecule has 8 heteroatoms. The summed E-state index contributed by atoms with van der Waals surface area (Å²) in [6, 6.07) is 28.0. The third-order valence-electron chi connectivity index (χ3n) is 7.01. The number of fused-ring (bicyclic) bond motifs is 1. The van der Waals surface area contributed by atoms with Crippen molar-refractivity contribution in [2.24, 2.45) is 0 Å². The first-order valence-corrected chi connectivity index (χ1v) is 13.5. The van der Waals surface area contributed by atoms with Crippen LogP contribution in [-0.2, 0) is 10.3 Å². The first-order valence-electron chi connectivity index (χ1n) is 13.5. The van der Waals surface area contributed by atoms with Crippen LogP contribution in [0.15, 0.2) is 91.1 Å². The number of nitrogens with one attached hydrogen (secondary N) is 1. The molecular weight excluding hydrogens is 502 g/mol. The minimum Gasteiger partial charge on any atom is -0.444 e. The summed E-state index contributed by atoms with van der Waals surface area (Å²) in [7, 11) is 0. The molecule has 0 atom stereocenters. The number of nitrogens with zero attached hydrogens (tertiary/aromatic N) is 4. The van der Waals surface area contributed by atoms with Crippen LogP contribution >= 0.6 is 0 Å². The zero-order valence-electron chi connectivity index (χ0n) is 22.8. The molecular formula is C32H31N5O3. The van der Waals surface area contributed by atoms with Gasteiger partial charge in [-0.1, -0.05) is 72.8 Å². The van der Waals surface area contributed by atoms with E-state index in [4.69, 9.17) is 14.5 Å². The van der Waals surface area contributed by atoms with Crippen molar-refractivity contribution < 1.29 is 14.3 Å². The SMILES string of the molecule is CC(C)(C)OC(=O)NC1(c2ccc(-c3nc4nc(Oc5ccccc5)nn4cc3-c3ccccc3)cc2)CCC1. The van der Waals surface area contributed by atoms with Crippen LogP contribution in [0.5, 0.6) is 11.8 Å². The van der Waals surface area contributed by atoms with E-state index < -0.39 is 17.2 Å². The number of alkyl carbamates (subject to hydrolysis) is 1. The second-order valence-corrected chi connectivity index (χ2v) is 11.1. The Kier molecular flexibility index (Phi) is 6.46. The smallest absolute Gasteiger partial charge is 0.408 e. The molecule has 8 nitrogen and oxygen atoms in total. The maximum Gasteiger partial charge on any atom is 0.408 e. The fraction of sp³-hybridized carbons (Fsp3) is 0.250. The van der Waals surface area contributed by atoms with Crippen LogP contribution in [0.4, 0.5) is 4.79 Å². The molecule has 0 aliphatic heterocycles. The predicted molar refractivity (Wildman–Crippen MR) is 153 cm³/mol. The van der Waals surface area contributed by atoms with Crippen LogP contribution in [-0.4, -0.2) is 31.3 Å². The number of hydrogen-bond acceptors (Lipinski definition) is 6. The number of ether oxygens (including phenoxy) is 2. The maximum absolute atomic E-state index is 12.6. The van der Waals surface area contributed by atoms with Gasteiger partial charge in [0, 0.05) is 17.3 Å². The van der Waals surface area contributed by atoms with E-state index in [0.29, 0.717) is 11.5 Å². The zero-order valence-corrected chi connectivity index (χ0v) is 22.8. The highest BCUT2D eigenvalue weighted by molar-refractivity contribution is 5.81. The largest absolute Gasteiger partial charge is 0.444 e. The Hall–Kier alpha value is -4.72. The average Bonchev–Trinajstić information content (AvgIpc) is 3.31. The monoisotopic (exact) mass is 533 g/mol. The first kappa shape index (κ1) is 25.6. The lowest BCUT2D eigenvalue weighted by Gasteiger charge is -2.43. The maximum atomic E-state index is 12.6. The Morgan fingerprint density at radius 1 is 0.875 bits per heavy atom. The molecule has 0 saturated heterocycles. The van der Waals surface area contributed by atoms with Crippen LogP contribution in [0, 0.1) is 0 Å². The van der Waals surface area contributed by atoms with E-state index in [1.54, 1.807) is 4.52 Å². The van der Waals surface area contributed by atoms with Gasteiger partial charge in [0.05, 0.1) is 11.2 Å². The number of rotatable bonds is 6. The number of benzene rings is 3. The molecule has 1 saturated carbocycles. The van der Waals surface area contributed by atoms with Gasteiger partial charge in [-0.3, -0.25) is 0 Å². The molecule has 1 fully saturated rings. The highest BCUT2D eigenvalue weighted by atomic mass is 16.6. The Balaban J connectivity index is 1.35. The van der Waals surface area contributed by atoms with E-state index in [1.165, 1.54) is 0 Å². The van der Waals surface area contributed by atoms with E-state index in [-0.39, 0.29) is 6.01 Å². The number of hydrogen-bond donors (Lipinski definition) is 1. The Bertz CT molecular complexity index is 1640. The zero-order chi connectivity index (χ0) is 27.7. The van der Waals surface area contributed by atoms with E-state index in [2.05, 4.69) is 39.7 Å². The van der Waals surface area contributed by atoms with Crippen molar-refractivity contribution >= 4 is 11.9 Å². The van der Waals surface area contributed by atoms with Crippen molar-refractivity contribution in [3.8, 4) is 34.1 Å². The van der Waals surface area contributed by atoms with Gasteiger partial charge in [-0.25, -0.2) is 14.3 Å². The lowest BCUT2D eigenvalue weighted by atomic mass is 9.71. The van der Waals surface area contributed by atoms with Gasteiger partial charge >= 0.3 is 12.1 Å². The summed E-state index contributed by atoms with van der Waals surface area (Å²) in [4.78, 5) is 22.0. The lowest BCUT2D eigenvalue weighted by molar-refractivity contribution is 0.0377. The van der Waals surface area contributed by atoms with Gasteiger partial charge in [0.2, 0.25) is 0 Å². The van der Waals surface area contributed by atoms with Gasteiger partial charge in [-0.05, 0) is 63.3 Å². The molecule has 5 aromatic rings. The molecule has 2 aromatic heterocycles.